The third-order valence-corrected chi connectivity index (χ3v) is 3.76. The van der Waals surface area contributed by atoms with Gasteiger partial charge in [0.2, 0.25) is 0 Å². The van der Waals surface area contributed by atoms with Crippen LogP contribution in [0.2, 0.25) is 0 Å². The number of hydrogen-bond donors (Lipinski definition) is 1. The van der Waals surface area contributed by atoms with Crippen LogP contribution in [0.15, 0.2) is 18.2 Å². The highest BCUT2D eigenvalue weighted by atomic mass is 19.1. The van der Waals surface area contributed by atoms with Crippen molar-refractivity contribution in [3.63, 3.8) is 0 Å². The zero-order valence-electron chi connectivity index (χ0n) is 9.96. The summed E-state index contributed by atoms with van der Waals surface area (Å²) >= 11 is 0. The van der Waals surface area contributed by atoms with E-state index in [9.17, 15) is 9.50 Å². The fourth-order valence-corrected chi connectivity index (χ4v) is 2.34. The number of hydrogen-bond acceptors (Lipinski definition) is 1. The summed E-state index contributed by atoms with van der Waals surface area (Å²) in [5.41, 5.74) is 1.38. The van der Waals surface area contributed by atoms with E-state index >= 15 is 0 Å². The molecule has 1 aromatic rings. The van der Waals surface area contributed by atoms with Crippen molar-refractivity contribution in [3.8, 4) is 0 Å². The molecule has 0 heterocycles. The molecule has 1 aliphatic carbocycles. The second-order valence-corrected chi connectivity index (χ2v) is 4.98. The van der Waals surface area contributed by atoms with E-state index in [1.165, 1.54) is 6.07 Å². The van der Waals surface area contributed by atoms with E-state index in [4.69, 9.17) is 0 Å². The van der Waals surface area contributed by atoms with E-state index in [0.717, 1.165) is 30.4 Å². The molecule has 1 N–H and O–H groups in total. The van der Waals surface area contributed by atoms with Crippen LogP contribution < -0.4 is 0 Å². The van der Waals surface area contributed by atoms with Gasteiger partial charge in [0.05, 0.1) is 5.60 Å². The third kappa shape index (κ3) is 2.27. The molecule has 0 bridgehead atoms. The number of aryl methyl sites for hydroxylation is 1. The Hall–Kier alpha value is -0.890. The lowest BCUT2D eigenvalue weighted by molar-refractivity contribution is 0.0137. The second kappa shape index (κ2) is 4.17. The molecule has 1 atom stereocenters. The van der Waals surface area contributed by atoms with Gasteiger partial charge in [-0.1, -0.05) is 13.0 Å². The highest BCUT2D eigenvalue weighted by Crippen LogP contribution is 2.43. The van der Waals surface area contributed by atoms with Crippen LogP contribution in [0.5, 0.6) is 0 Å². The van der Waals surface area contributed by atoms with E-state index in [0.29, 0.717) is 12.3 Å². The standard InChI is InChI=1S/C14H19FO/c1-3-14(16,12-5-6-12)9-11-8-13(15)7-4-10(11)2/h4,7-8,12,16H,3,5-6,9H2,1-2H3. The first-order valence-corrected chi connectivity index (χ1v) is 6.02. The van der Waals surface area contributed by atoms with E-state index in [1.807, 2.05) is 13.8 Å². The minimum absolute atomic E-state index is 0.213. The number of rotatable bonds is 4. The molecule has 1 unspecified atom stereocenters. The molecule has 2 rings (SSSR count). The Kier molecular flexibility index (Phi) is 3.02. The van der Waals surface area contributed by atoms with Crippen LogP contribution in [-0.2, 0) is 6.42 Å². The Balaban J connectivity index is 2.21. The Morgan fingerprint density at radius 2 is 2.12 bits per heavy atom. The van der Waals surface area contributed by atoms with E-state index < -0.39 is 5.60 Å². The Morgan fingerprint density at radius 1 is 1.44 bits per heavy atom. The topological polar surface area (TPSA) is 20.2 Å². The molecule has 0 saturated heterocycles. The Bertz CT molecular complexity index is 384. The number of aliphatic hydroxyl groups is 1. The van der Waals surface area contributed by atoms with E-state index in [2.05, 4.69) is 0 Å². The minimum Gasteiger partial charge on any atom is -0.389 e. The van der Waals surface area contributed by atoms with Gasteiger partial charge in [0.25, 0.3) is 0 Å². The number of benzene rings is 1. The zero-order chi connectivity index (χ0) is 11.8. The molecule has 2 heteroatoms. The van der Waals surface area contributed by atoms with Crippen LogP contribution in [0.3, 0.4) is 0 Å². The molecule has 1 nitrogen and oxygen atoms in total. The van der Waals surface area contributed by atoms with Crippen LogP contribution in [0.25, 0.3) is 0 Å². The highest BCUT2D eigenvalue weighted by molar-refractivity contribution is 5.28. The molecule has 0 radical (unpaired) electrons. The predicted octanol–water partition coefficient (Wildman–Crippen LogP) is 3.23. The maximum atomic E-state index is 13.2. The molecule has 1 aromatic carbocycles. The highest BCUT2D eigenvalue weighted by Gasteiger charge is 2.42. The first kappa shape index (κ1) is 11.6. The third-order valence-electron chi connectivity index (χ3n) is 3.76. The molecule has 0 aliphatic heterocycles. The molecule has 88 valence electrons. The van der Waals surface area contributed by atoms with Crippen molar-refractivity contribution in [2.24, 2.45) is 5.92 Å². The van der Waals surface area contributed by atoms with Crippen molar-refractivity contribution in [2.75, 3.05) is 0 Å². The van der Waals surface area contributed by atoms with Crippen LogP contribution in [-0.4, -0.2) is 10.7 Å². The molecular formula is C14H19FO. The lowest BCUT2D eigenvalue weighted by Gasteiger charge is -2.27. The fraction of sp³-hybridized carbons (Fsp3) is 0.571. The van der Waals surface area contributed by atoms with Gasteiger partial charge in [-0.05, 0) is 55.4 Å². The fourth-order valence-electron chi connectivity index (χ4n) is 2.34. The predicted molar refractivity (Wildman–Crippen MR) is 62.8 cm³/mol. The monoisotopic (exact) mass is 222 g/mol. The largest absolute Gasteiger partial charge is 0.389 e. The zero-order valence-corrected chi connectivity index (χ0v) is 9.96. The molecular weight excluding hydrogens is 203 g/mol. The summed E-state index contributed by atoms with van der Waals surface area (Å²) in [5.74, 6) is 0.204. The lowest BCUT2D eigenvalue weighted by atomic mass is 9.86. The quantitative estimate of drug-likeness (QED) is 0.829. The van der Waals surface area contributed by atoms with Gasteiger partial charge in [-0.25, -0.2) is 4.39 Å². The molecule has 0 amide bonds. The van der Waals surface area contributed by atoms with Gasteiger partial charge in [0.1, 0.15) is 5.82 Å². The average molecular weight is 222 g/mol. The van der Waals surface area contributed by atoms with Gasteiger partial charge >= 0.3 is 0 Å². The first-order valence-electron chi connectivity index (χ1n) is 6.02. The van der Waals surface area contributed by atoms with Gasteiger partial charge in [-0.2, -0.15) is 0 Å². The SMILES string of the molecule is CCC(O)(Cc1cc(F)ccc1C)C1CC1. The molecule has 1 aliphatic rings. The maximum Gasteiger partial charge on any atom is 0.123 e. The molecule has 1 fully saturated rings. The summed E-state index contributed by atoms with van der Waals surface area (Å²) in [6, 6.07) is 4.81. The Labute approximate surface area is 96.3 Å². The van der Waals surface area contributed by atoms with Gasteiger partial charge in [0, 0.05) is 6.42 Å². The van der Waals surface area contributed by atoms with E-state index in [1.54, 1.807) is 12.1 Å². The first-order chi connectivity index (χ1) is 7.55. The van der Waals surface area contributed by atoms with Crippen molar-refractivity contribution < 1.29 is 9.50 Å². The van der Waals surface area contributed by atoms with Crippen LogP contribution in [0.4, 0.5) is 4.39 Å². The molecule has 0 spiro atoms. The average Bonchev–Trinajstić information content (AvgIpc) is 3.07. The summed E-state index contributed by atoms with van der Waals surface area (Å²) < 4.78 is 13.2. The van der Waals surface area contributed by atoms with Gasteiger partial charge < -0.3 is 5.11 Å². The smallest absolute Gasteiger partial charge is 0.123 e. The van der Waals surface area contributed by atoms with Crippen molar-refractivity contribution in [3.05, 3.63) is 35.1 Å². The molecule has 0 aromatic heterocycles. The van der Waals surface area contributed by atoms with Crippen LogP contribution >= 0.6 is 0 Å². The lowest BCUT2D eigenvalue weighted by Crippen LogP contribution is -2.33. The van der Waals surface area contributed by atoms with Gasteiger partial charge in [-0.3, -0.25) is 0 Å². The minimum atomic E-state index is -0.626. The van der Waals surface area contributed by atoms with Crippen molar-refractivity contribution in [1.82, 2.24) is 0 Å². The van der Waals surface area contributed by atoms with Crippen LogP contribution in [0, 0.1) is 18.7 Å². The van der Waals surface area contributed by atoms with Crippen LogP contribution in [0.1, 0.15) is 37.3 Å². The summed E-state index contributed by atoms with van der Waals surface area (Å²) in [4.78, 5) is 0. The van der Waals surface area contributed by atoms with Gasteiger partial charge in [-0.15, -0.1) is 0 Å². The summed E-state index contributed by atoms with van der Waals surface area (Å²) in [5, 5.41) is 10.5. The van der Waals surface area contributed by atoms with Crippen molar-refractivity contribution >= 4 is 0 Å². The van der Waals surface area contributed by atoms with E-state index in [-0.39, 0.29) is 5.82 Å². The normalized spacial score (nSPS) is 19.5. The second-order valence-electron chi connectivity index (χ2n) is 4.98. The molecule has 16 heavy (non-hydrogen) atoms. The summed E-state index contributed by atoms with van der Waals surface area (Å²) in [6.45, 7) is 3.98. The summed E-state index contributed by atoms with van der Waals surface area (Å²) in [6.07, 6.45) is 3.54. The summed E-state index contributed by atoms with van der Waals surface area (Å²) in [7, 11) is 0. The van der Waals surface area contributed by atoms with Crippen molar-refractivity contribution in [1.29, 1.82) is 0 Å². The van der Waals surface area contributed by atoms with Crippen molar-refractivity contribution in [2.45, 2.75) is 45.1 Å². The maximum absolute atomic E-state index is 13.2. The molecule has 1 saturated carbocycles. The van der Waals surface area contributed by atoms with Gasteiger partial charge in [0.15, 0.2) is 0 Å². The number of halogens is 1. The Morgan fingerprint density at radius 3 is 2.69 bits per heavy atom.